The van der Waals surface area contributed by atoms with Crippen LogP contribution in [0.3, 0.4) is 0 Å². The molecule has 1 saturated heterocycles. The molecule has 1 aliphatic heterocycles. The average molecular weight is 237 g/mol. The molecule has 92 valence electrons. The van der Waals surface area contributed by atoms with E-state index >= 15 is 0 Å². The monoisotopic (exact) mass is 237 g/mol. The van der Waals surface area contributed by atoms with E-state index in [9.17, 15) is 9.18 Å². The van der Waals surface area contributed by atoms with Gasteiger partial charge in [-0.25, -0.2) is 4.39 Å². The van der Waals surface area contributed by atoms with Crippen molar-refractivity contribution in [2.45, 2.75) is 31.8 Å². The minimum absolute atomic E-state index is 0.0608. The van der Waals surface area contributed by atoms with Crippen LogP contribution < -0.4 is 0 Å². The highest BCUT2D eigenvalue weighted by molar-refractivity contribution is 5.73. The van der Waals surface area contributed by atoms with Gasteiger partial charge >= 0.3 is 5.97 Å². The molecule has 0 aromatic heterocycles. The van der Waals surface area contributed by atoms with Crippen LogP contribution >= 0.6 is 0 Å². The highest BCUT2D eigenvalue weighted by Crippen LogP contribution is 2.29. The van der Waals surface area contributed by atoms with Gasteiger partial charge in [-0.1, -0.05) is 12.1 Å². The van der Waals surface area contributed by atoms with Crippen LogP contribution in [-0.2, 0) is 4.79 Å². The van der Waals surface area contributed by atoms with Gasteiger partial charge in [0, 0.05) is 6.04 Å². The van der Waals surface area contributed by atoms with E-state index in [-0.39, 0.29) is 11.9 Å². The Morgan fingerprint density at radius 3 is 3.00 bits per heavy atom. The van der Waals surface area contributed by atoms with E-state index < -0.39 is 12.0 Å². The van der Waals surface area contributed by atoms with E-state index in [1.807, 2.05) is 17.9 Å². The molecule has 0 radical (unpaired) electrons. The number of carboxylic acids is 1. The zero-order valence-corrected chi connectivity index (χ0v) is 9.77. The smallest absolute Gasteiger partial charge is 0.320 e. The van der Waals surface area contributed by atoms with Crippen molar-refractivity contribution in [1.82, 2.24) is 4.90 Å². The third-order valence-corrected chi connectivity index (χ3v) is 3.41. The van der Waals surface area contributed by atoms with Gasteiger partial charge in [0.1, 0.15) is 11.9 Å². The lowest BCUT2D eigenvalue weighted by Crippen LogP contribution is -2.37. The third kappa shape index (κ3) is 2.47. The summed E-state index contributed by atoms with van der Waals surface area (Å²) in [6, 6.07) is 5.87. The van der Waals surface area contributed by atoms with Gasteiger partial charge in [-0.3, -0.25) is 9.69 Å². The van der Waals surface area contributed by atoms with Crippen LogP contribution in [0.4, 0.5) is 4.39 Å². The number of carboxylic acid groups (broad SMARTS) is 1. The molecular weight excluding hydrogens is 221 g/mol. The lowest BCUT2D eigenvalue weighted by molar-refractivity contribution is -0.142. The number of halogens is 1. The van der Waals surface area contributed by atoms with Crippen LogP contribution in [0.15, 0.2) is 24.3 Å². The van der Waals surface area contributed by atoms with Crippen LogP contribution in [0, 0.1) is 5.82 Å². The summed E-state index contributed by atoms with van der Waals surface area (Å²) in [6.07, 6.45) is 1.56. The van der Waals surface area contributed by atoms with Crippen molar-refractivity contribution < 1.29 is 14.3 Å². The fraction of sp³-hybridized carbons (Fsp3) is 0.462. The van der Waals surface area contributed by atoms with Gasteiger partial charge < -0.3 is 5.11 Å². The Balaban J connectivity index is 2.19. The maximum atomic E-state index is 13.1. The van der Waals surface area contributed by atoms with Crippen LogP contribution in [-0.4, -0.2) is 28.6 Å². The molecule has 2 atom stereocenters. The topological polar surface area (TPSA) is 40.5 Å². The molecule has 17 heavy (non-hydrogen) atoms. The number of rotatable bonds is 3. The van der Waals surface area contributed by atoms with Crippen molar-refractivity contribution in [2.24, 2.45) is 0 Å². The summed E-state index contributed by atoms with van der Waals surface area (Å²) in [5, 5.41) is 9.12. The summed E-state index contributed by atoms with van der Waals surface area (Å²) < 4.78 is 13.1. The van der Waals surface area contributed by atoms with Crippen LogP contribution in [0.25, 0.3) is 0 Å². The zero-order valence-electron chi connectivity index (χ0n) is 9.77. The van der Waals surface area contributed by atoms with Crippen molar-refractivity contribution in [3.8, 4) is 0 Å². The first-order valence-corrected chi connectivity index (χ1v) is 5.83. The number of hydrogen-bond acceptors (Lipinski definition) is 2. The minimum Gasteiger partial charge on any atom is -0.480 e. The largest absolute Gasteiger partial charge is 0.480 e. The quantitative estimate of drug-likeness (QED) is 0.877. The molecule has 0 spiro atoms. The van der Waals surface area contributed by atoms with Gasteiger partial charge in [0.25, 0.3) is 0 Å². The number of carbonyl (C=O) groups is 1. The Morgan fingerprint density at radius 1 is 1.59 bits per heavy atom. The summed E-state index contributed by atoms with van der Waals surface area (Å²) in [5.41, 5.74) is 0.832. The first-order valence-electron chi connectivity index (χ1n) is 5.83. The molecule has 1 aliphatic rings. The van der Waals surface area contributed by atoms with E-state index in [1.165, 1.54) is 12.1 Å². The second kappa shape index (κ2) is 4.84. The number of likely N-dealkylation sites (tertiary alicyclic amines) is 1. The molecule has 0 amide bonds. The van der Waals surface area contributed by atoms with Gasteiger partial charge in [-0.15, -0.1) is 0 Å². The van der Waals surface area contributed by atoms with Crippen molar-refractivity contribution in [2.75, 3.05) is 6.54 Å². The van der Waals surface area contributed by atoms with E-state index in [1.54, 1.807) is 6.07 Å². The fourth-order valence-electron chi connectivity index (χ4n) is 2.48. The van der Waals surface area contributed by atoms with E-state index in [0.29, 0.717) is 6.42 Å². The molecule has 1 aromatic rings. The molecule has 0 aliphatic carbocycles. The number of aliphatic carboxylic acids is 1. The maximum absolute atomic E-state index is 13.1. The average Bonchev–Trinajstić information content (AvgIpc) is 2.77. The van der Waals surface area contributed by atoms with Crippen molar-refractivity contribution in [3.63, 3.8) is 0 Å². The van der Waals surface area contributed by atoms with Crippen molar-refractivity contribution in [1.29, 1.82) is 0 Å². The molecule has 1 fully saturated rings. The fourth-order valence-corrected chi connectivity index (χ4v) is 2.48. The first kappa shape index (κ1) is 12.0. The Morgan fingerprint density at radius 2 is 2.35 bits per heavy atom. The van der Waals surface area contributed by atoms with E-state index in [4.69, 9.17) is 5.11 Å². The summed E-state index contributed by atoms with van der Waals surface area (Å²) in [7, 11) is 0. The molecule has 2 rings (SSSR count). The SMILES string of the molecule is CC(c1cccc(F)c1)N1CCCC1C(=O)O. The molecule has 1 heterocycles. The van der Waals surface area contributed by atoms with Gasteiger partial charge in [-0.05, 0) is 44.0 Å². The molecule has 4 heteroatoms. The van der Waals surface area contributed by atoms with Gasteiger partial charge in [-0.2, -0.15) is 0 Å². The predicted molar refractivity (Wildman–Crippen MR) is 62.2 cm³/mol. The van der Waals surface area contributed by atoms with Crippen molar-refractivity contribution in [3.05, 3.63) is 35.6 Å². The molecule has 1 aromatic carbocycles. The lowest BCUT2D eigenvalue weighted by atomic mass is 10.1. The third-order valence-electron chi connectivity index (χ3n) is 3.41. The standard InChI is InChI=1S/C13H16FNO2/c1-9(10-4-2-5-11(14)8-10)15-7-3-6-12(15)13(16)17/h2,4-5,8-9,12H,3,6-7H2,1H3,(H,16,17). The summed E-state index contributed by atoms with van der Waals surface area (Å²) >= 11 is 0. The normalized spacial score (nSPS) is 22.6. The van der Waals surface area contributed by atoms with Gasteiger partial charge in [0.05, 0.1) is 0 Å². The Kier molecular flexibility index (Phi) is 3.43. The predicted octanol–water partition coefficient (Wildman–Crippen LogP) is 2.44. The van der Waals surface area contributed by atoms with Crippen LogP contribution in [0.5, 0.6) is 0 Å². The molecule has 3 nitrogen and oxygen atoms in total. The van der Waals surface area contributed by atoms with Crippen molar-refractivity contribution >= 4 is 5.97 Å². The molecule has 0 bridgehead atoms. The second-order valence-corrected chi connectivity index (χ2v) is 4.47. The van der Waals surface area contributed by atoms with Gasteiger partial charge in [0.2, 0.25) is 0 Å². The van der Waals surface area contributed by atoms with Gasteiger partial charge in [0.15, 0.2) is 0 Å². The second-order valence-electron chi connectivity index (χ2n) is 4.47. The zero-order chi connectivity index (χ0) is 12.4. The number of nitrogens with zero attached hydrogens (tertiary/aromatic N) is 1. The highest BCUT2D eigenvalue weighted by atomic mass is 19.1. The minimum atomic E-state index is -0.786. The summed E-state index contributed by atoms with van der Waals surface area (Å²) in [5.74, 6) is -1.06. The molecule has 2 unspecified atom stereocenters. The first-order chi connectivity index (χ1) is 8.09. The molecule has 0 saturated carbocycles. The Bertz CT molecular complexity index is 422. The molecular formula is C13H16FNO2. The Labute approximate surface area is 99.9 Å². The Hall–Kier alpha value is -1.42. The summed E-state index contributed by atoms with van der Waals surface area (Å²) in [6.45, 7) is 2.69. The number of benzene rings is 1. The number of hydrogen-bond donors (Lipinski definition) is 1. The summed E-state index contributed by atoms with van der Waals surface area (Å²) in [4.78, 5) is 13.0. The lowest BCUT2D eigenvalue weighted by Gasteiger charge is -2.28. The maximum Gasteiger partial charge on any atom is 0.320 e. The van der Waals surface area contributed by atoms with E-state index in [2.05, 4.69) is 0 Å². The highest BCUT2D eigenvalue weighted by Gasteiger charge is 2.34. The molecule has 1 N–H and O–H groups in total. The van der Waals surface area contributed by atoms with E-state index in [0.717, 1.165) is 18.5 Å². The van der Waals surface area contributed by atoms with Crippen LogP contribution in [0.1, 0.15) is 31.4 Å². The van der Waals surface area contributed by atoms with Crippen LogP contribution in [0.2, 0.25) is 0 Å².